The summed E-state index contributed by atoms with van der Waals surface area (Å²) in [6, 6.07) is 8.22. The first-order valence-corrected chi connectivity index (χ1v) is 13.6. The van der Waals surface area contributed by atoms with E-state index in [0.29, 0.717) is 0 Å². The Balaban J connectivity index is 1.47. The van der Waals surface area contributed by atoms with Crippen molar-refractivity contribution < 1.29 is 9.94 Å². The first kappa shape index (κ1) is 27.2. The van der Waals surface area contributed by atoms with E-state index in [9.17, 15) is 5.21 Å². The average Bonchev–Trinajstić information content (AvgIpc) is 3.00. The zero-order valence-corrected chi connectivity index (χ0v) is 21.6. The van der Waals surface area contributed by atoms with Gasteiger partial charge in [0.1, 0.15) is 5.75 Å². The molecule has 1 saturated heterocycles. The van der Waals surface area contributed by atoms with Gasteiger partial charge in [0.15, 0.2) is 0 Å². The molecule has 0 aliphatic carbocycles. The standard InChI is InChI=1S/C29H50NO2/c1-5-6-7-8-9-10-11-12-13-14-15-16-17-18-25-32-27-21-19-26(20-22-27)29(4)24-23-28(2,3)30(29)31/h19-22H,5-18,23-25H2,1-4H3. The lowest BCUT2D eigenvalue weighted by Crippen LogP contribution is -2.44. The highest BCUT2D eigenvalue weighted by molar-refractivity contribution is 5.32. The lowest BCUT2D eigenvalue weighted by atomic mass is 9.90. The summed E-state index contributed by atoms with van der Waals surface area (Å²) in [4.78, 5) is 0. The molecule has 0 amide bonds. The van der Waals surface area contributed by atoms with Crippen LogP contribution in [0.3, 0.4) is 0 Å². The van der Waals surface area contributed by atoms with Gasteiger partial charge in [-0.05, 0) is 57.7 Å². The summed E-state index contributed by atoms with van der Waals surface area (Å²) in [5.41, 5.74) is 0.399. The second-order valence-electron chi connectivity index (χ2n) is 10.8. The van der Waals surface area contributed by atoms with Crippen LogP contribution in [0.15, 0.2) is 24.3 Å². The minimum Gasteiger partial charge on any atom is -0.494 e. The number of hydrogen-bond acceptors (Lipinski definition) is 2. The highest BCUT2D eigenvalue weighted by Gasteiger charge is 2.49. The molecule has 1 aromatic rings. The normalized spacial score (nSPS) is 20.7. The maximum Gasteiger partial charge on any atom is 0.119 e. The highest BCUT2D eigenvalue weighted by Crippen LogP contribution is 2.46. The maximum absolute atomic E-state index is 12.7. The van der Waals surface area contributed by atoms with E-state index in [2.05, 4.69) is 26.0 Å². The summed E-state index contributed by atoms with van der Waals surface area (Å²) in [6.07, 6.45) is 21.1. The van der Waals surface area contributed by atoms with Gasteiger partial charge in [-0.2, -0.15) is 0 Å². The van der Waals surface area contributed by atoms with E-state index in [1.165, 1.54) is 88.5 Å². The van der Waals surface area contributed by atoms with Crippen molar-refractivity contribution in [2.75, 3.05) is 6.61 Å². The van der Waals surface area contributed by atoms with Gasteiger partial charge in [0.2, 0.25) is 0 Å². The summed E-state index contributed by atoms with van der Waals surface area (Å²) in [5.74, 6) is 0.918. The smallest absolute Gasteiger partial charge is 0.119 e. The maximum atomic E-state index is 12.7. The first-order valence-electron chi connectivity index (χ1n) is 13.6. The van der Waals surface area contributed by atoms with E-state index >= 15 is 0 Å². The van der Waals surface area contributed by atoms with Crippen molar-refractivity contribution >= 4 is 0 Å². The minimum atomic E-state index is -0.420. The van der Waals surface area contributed by atoms with Crippen molar-refractivity contribution in [2.24, 2.45) is 0 Å². The summed E-state index contributed by atoms with van der Waals surface area (Å²) in [5, 5.41) is 14.0. The van der Waals surface area contributed by atoms with Gasteiger partial charge >= 0.3 is 0 Å². The minimum absolute atomic E-state index is 0.280. The first-order chi connectivity index (χ1) is 15.4. The van der Waals surface area contributed by atoms with Gasteiger partial charge in [0.25, 0.3) is 0 Å². The molecule has 1 aliphatic rings. The number of nitrogens with zero attached hydrogens (tertiary/aromatic N) is 1. The van der Waals surface area contributed by atoms with Crippen LogP contribution in [0.2, 0.25) is 0 Å². The molecule has 183 valence electrons. The van der Waals surface area contributed by atoms with Gasteiger partial charge < -0.3 is 4.74 Å². The molecule has 1 radical (unpaired) electrons. The fraction of sp³-hybridized carbons (Fsp3) is 0.793. The third-order valence-corrected chi connectivity index (χ3v) is 7.46. The van der Waals surface area contributed by atoms with Crippen molar-refractivity contribution in [3.8, 4) is 5.75 Å². The third kappa shape index (κ3) is 8.71. The lowest BCUT2D eigenvalue weighted by Gasteiger charge is -2.35. The Morgan fingerprint density at radius 1 is 0.719 bits per heavy atom. The molecule has 1 aromatic carbocycles. The molecule has 0 N–H and O–H groups in total. The Kier molecular flexibility index (Phi) is 12.1. The van der Waals surface area contributed by atoms with Gasteiger partial charge in [-0.3, -0.25) is 0 Å². The molecule has 0 spiro atoms. The fourth-order valence-electron chi connectivity index (χ4n) is 5.08. The summed E-state index contributed by atoms with van der Waals surface area (Å²) in [7, 11) is 0. The molecule has 3 heteroatoms. The monoisotopic (exact) mass is 444 g/mol. The highest BCUT2D eigenvalue weighted by atomic mass is 16.5. The van der Waals surface area contributed by atoms with Crippen molar-refractivity contribution in [2.45, 2.75) is 142 Å². The van der Waals surface area contributed by atoms with Crippen molar-refractivity contribution in [3.63, 3.8) is 0 Å². The number of benzene rings is 1. The molecule has 32 heavy (non-hydrogen) atoms. The molecule has 0 saturated carbocycles. The van der Waals surface area contributed by atoms with E-state index in [0.717, 1.165) is 37.2 Å². The van der Waals surface area contributed by atoms with Gasteiger partial charge in [0, 0.05) is 5.54 Å². The largest absolute Gasteiger partial charge is 0.494 e. The van der Waals surface area contributed by atoms with Crippen molar-refractivity contribution in [1.29, 1.82) is 0 Å². The molecule has 1 unspecified atom stereocenters. The Labute approximate surface area is 198 Å². The molecule has 0 bridgehead atoms. The Bertz CT molecular complexity index is 612. The number of rotatable bonds is 17. The summed E-state index contributed by atoms with van der Waals surface area (Å²) < 4.78 is 5.94. The number of unbranched alkanes of at least 4 members (excludes halogenated alkanes) is 13. The van der Waals surface area contributed by atoms with Gasteiger partial charge in [-0.25, -0.2) is 0 Å². The number of ether oxygens (including phenoxy) is 1. The molecule has 1 fully saturated rings. The van der Waals surface area contributed by atoms with Crippen LogP contribution in [-0.4, -0.2) is 17.2 Å². The number of hydrogen-bond donors (Lipinski definition) is 0. The predicted molar refractivity (Wildman–Crippen MR) is 135 cm³/mol. The Hall–Kier alpha value is -1.06. The van der Waals surface area contributed by atoms with Crippen molar-refractivity contribution in [3.05, 3.63) is 29.8 Å². The van der Waals surface area contributed by atoms with Crippen LogP contribution in [0.5, 0.6) is 5.75 Å². The van der Waals surface area contributed by atoms with Crippen LogP contribution in [0.1, 0.15) is 136 Å². The average molecular weight is 445 g/mol. The van der Waals surface area contributed by atoms with Gasteiger partial charge in [-0.1, -0.05) is 103 Å². The van der Waals surface area contributed by atoms with Crippen LogP contribution in [0, 0.1) is 0 Å². The van der Waals surface area contributed by atoms with Gasteiger partial charge in [-0.15, -0.1) is 10.3 Å². The Morgan fingerprint density at radius 3 is 1.62 bits per heavy atom. The van der Waals surface area contributed by atoms with Crippen LogP contribution >= 0.6 is 0 Å². The predicted octanol–water partition coefficient (Wildman–Crippen LogP) is 8.98. The molecule has 1 aliphatic heterocycles. The molecular formula is C29H50NO2. The summed E-state index contributed by atoms with van der Waals surface area (Å²) >= 11 is 0. The van der Waals surface area contributed by atoms with E-state index in [1.807, 2.05) is 26.0 Å². The molecule has 1 heterocycles. The fourth-order valence-corrected chi connectivity index (χ4v) is 5.08. The molecule has 3 nitrogen and oxygen atoms in total. The van der Waals surface area contributed by atoms with E-state index in [4.69, 9.17) is 4.74 Å². The van der Waals surface area contributed by atoms with Crippen LogP contribution in [0.25, 0.3) is 0 Å². The zero-order valence-electron chi connectivity index (χ0n) is 21.6. The zero-order chi connectivity index (χ0) is 23.3. The lowest BCUT2D eigenvalue weighted by molar-refractivity contribution is -0.252. The van der Waals surface area contributed by atoms with Gasteiger partial charge in [0.05, 0.1) is 12.1 Å². The second-order valence-corrected chi connectivity index (χ2v) is 10.8. The number of hydroxylamine groups is 2. The molecular weight excluding hydrogens is 394 g/mol. The van der Waals surface area contributed by atoms with E-state index in [-0.39, 0.29) is 5.54 Å². The molecule has 1 atom stereocenters. The Morgan fingerprint density at radius 2 is 1.19 bits per heavy atom. The quantitative estimate of drug-likeness (QED) is 0.224. The third-order valence-electron chi connectivity index (χ3n) is 7.46. The molecule has 2 rings (SSSR count). The topological polar surface area (TPSA) is 32.4 Å². The molecule has 0 aromatic heterocycles. The van der Waals surface area contributed by atoms with Crippen LogP contribution in [-0.2, 0) is 10.7 Å². The van der Waals surface area contributed by atoms with E-state index in [1.54, 1.807) is 0 Å². The SMILES string of the molecule is CCCCCCCCCCCCCCCCOc1ccc(C2(C)CCC(C)(C)N2[O])cc1. The summed E-state index contributed by atoms with van der Waals surface area (Å²) in [6.45, 7) is 9.22. The van der Waals surface area contributed by atoms with Crippen LogP contribution < -0.4 is 4.74 Å². The second kappa shape index (κ2) is 14.3. The van der Waals surface area contributed by atoms with Crippen LogP contribution in [0.4, 0.5) is 0 Å². The van der Waals surface area contributed by atoms with Crippen molar-refractivity contribution in [1.82, 2.24) is 5.06 Å². The van der Waals surface area contributed by atoms with E-state index < -0.39 is 5.54 Å².